The summed E-state index contributed by atoms with van der Waals surface area (Å²) in [5.74, 6) is 5.80. The van der Waals surface area contributed by atoms with Gasteiger partial charge < -0.3 is 9.80 Å². The predicted octanol–water partition coefficient (Wildman–Crippen LogP) is 8.76. The lowest BCUT2D eigenvalue weighted by molar-refractivity contribution is -0.915. The van der Waals surface area contributed by atoms with E-state index < -0.39 is 0 Å². The Kier molecular flexibility index (Phi) is 9.77. The van der Waals surface area contributed by atoms with Crippen molar-refractivity contribution in [2.75, 3.05) is 32.7 Å². The minimum Gasteiger partial charge on any atom is -0.350 e. The number of nitrogens with one attached hydrogen (secondary N) is 1. The number of carbonyl (C=O) groups excluding carboxylic acids is 1. The van der Waals surface area contributed by atoms with Crippen LogP contribution in [0.15, 0.2) is 0 Å². The van der Waals surface area contributed by atoms with Gasteiger partial charge in [-0.1, -0.05) is 53.4 Å². The van der Waals surface area contributed by atoms with E-state index in [1.54, 1.807) is 0 Å². The van der Waals surface area contributed by atoms with Crippen molar-refractivity contribution in [2.45, 2.75) is 143 Å². The zero-order valence-electron chi connectivity index (χ0n) is 26.6. The second kappa shape index (κ2) is 12.7. The molecule has 224 valence electrons. The van der Waals surface area contributed by atoms with Gasteiger partial charge in [0.1, 0.15) is 0 Å². The fraction of sp³-hybridized carbons (Fsp3) is 0.972. The maximum absolute atomic E-state index is 12.9. The van der Waals surface area contributed by atoms with Crippen LogP contribution >= 0.6 is 0 Å². The number of carbonyl (C=O) groups is 1. The Balaban J connectivity index is 1.08. The first-order valence-corrected chi connectivity index (χ1v) is 17.9. The maximum atomic E-state index is 12.9. The number of unbranched alkanes of at least 4 members (excludes halogenated alkanes) is 3. The van der Waals surface area contributed by atoms with Crippen molar-refractivity contribution >= 4 is 5.91 Å². The number of amides is 1. The molecular formula is C36H65N2O+. The highest BCUT2D eigenvalue weighted by Gasteiger charge is 2.60. The van der Waals surface area contributed by atoms with Crippen LogP contribution in [0.25, 0.3) is 0 Å². The van der Waals surface area contributed by atoms with Crippen LogP contribution in [0.5, 0.6) is 0 Å². The van der Waals surface area contributed by atoms with Crippen molar-refractivity contribution in [3.8, 4) is 0 Å². The minimum absolute atomic E-state index is 0.317. The van der Waals surface area contributed by atoms with Gasteiger partial charge >= 0.3 is 0 Å². The molecule has 3 heteroatoms. The summed E-state index contributed by atoms with van der Waals surface area (Å²) in [6.07, 6.45) is 24.9. The summed E-state index contributed by atoms with van der Waals surface area (Å²) in [5, 5.41) is 3.36. The van der Waals surface area contributed by atoms with Gasteiger partial charge in [-0.05, 0) is 117 Å². The molecule has 0 aromatic rings. The molecule has 0 bridgehead atoms. The Morgan fingerprint density at radius 2 is 1.64 bits per heavy atom. The zero-order chi connectivity index (χ0) is 27.5. The molecular weight excluding hydrogens is 476 g/mol. The van der Waals surface area contributed by atoms with Crippen LogP contribution in [0.2, 0.25) is 0 Å². The van der Waals surface area contributed by atoms with E-state index in [0.29, 0.717) is 22.7 Å². The molecule has 3 nitrogen and oxygen atoms in total. The number of nitrogens with zero attached hydrogens (tertiary/aromatic N) is 1. The standard InChI is InChI=1S/C36H64N2O/c1-5-6-7-10-24-38(25-11-12-26-38)27-23-37-34(39)19-14-28(2)31-17-18-32-30-16-15-29-13-8-9-21-35(29,3)33(30)20-22-36(31,32)4/h28-33H,5-27H2,1-4H3/p+1/t28-,29?,30+,31-,32+,33+,35+,36-/m1/s1. The second-order valence-electron chi connectivity index (χ2n) is 16.0. The summed E-state index contributed by atoms with van der Waals surface area (Å²) in [5.41, 5.74) is 1.18. The van der Waals surface area contributed by atoms with Crippen LogP contribution in [-0.2, 0) is 4.79 Å². The molecule has 0 aromatic heterocycles. The Morgan fingerprint density at radius 1 is 0.846 bits per heavy atom. The first-order chi connectivity index (χ1) is 18.8. The topological polar surface area (TPSA) is 29.1 Å². The largest absolute Gasteiger partial charge is 0.350 e. The summed E-state index contributed by atoms with van der Waals surface area (Å²) in [4.78, 5) is 12.9. The van der Waals surface area contributed by atoms with E-state index in [-0.39, 0.29) is 0 Å². The lowest BCUT2D eigenvalue weighted by atomic mass is 9.44. The molecule has 4 saturated carbocycles. The van der Waals surface area contributed by atoms with Crippen molar-refractivity contribution in [3.05, 3.63) is 0 Å². The highest BCUT2D eigenvalue weighted by atomic mass is 16.1. The van der Waals surface area contributed by atoms with E-state index in [0.717, 1.165) is 55.5 Å². The molecule has 0 radical (unpaired) electrons. The minimum atomic E-state index is 0.317. The Hall–Kier alpha value is -0.570. The lowest BCUT2D eigenvalue weighted by Gasteiger charge is -2.61. The lowest BCUT2D eigenvalue weighted by Crippen LogP contribution is -2.53. The summed E-state index contributed by atoms with van der Waals surface area (Å²) in [6.45, 7) is 16.2. The van der Waals surface area contributed by atoms with Gasteiger partial charge in [0, 0.05) is 19.3 Å². The first kappa shape index (κ1) is 29.9. The Bertz CT molecular complexity index is 804. The van der Waals surface area contributed by atoms with E-state index in [2.05, 4.69) is 33.0 Å². The summed E-state index contributed by atoms with van der Waals surface area (Å²) < 4.78 is 1.27. The summed E-state index contributed by atoms with van der Waals surface area (Å²) in [6, 6.07) is 0. The van der Waals surface area contributed by atoms with Crippen LogP contribution in [0, 0.1) is 46.3 Å². The van der Waals surface area contributed by atoms with Gasteiger partial charge in [-0.3, -0.25) is 4.79 Å². The van der Waals surface area contributed by atoms with Crippen LogP contribution in [-0.4, -0.2) is 43.1 Å². The number of fused-ring (bicyclic) bond motifs is 5. The Labute approximate surface area is 242 Å². The normalized spacial score (nSPS) is 39.9. The van der Waals surface area contributed by atoms with Crippen LogP contribution < -0.4 is 5.32 Å². The fourth-order valence-corrected chi connectivity index (χ4v) is 11.8. The zero-order valence-corrected chi connectivity index (χ0v) is 26.6. The second-order valence-corrected chi connectivity index (χ2v) is 16.0. The summed E-state index contributed by atoms with van der Waals surface area (Å²) >= 11 is 0. The molecule has 1 aliphatic heterocycles. The van der Waals surface area contributed by atoms with E-state index in [4.69, 9.17) is 0 Å². The third-order valence-corrected chi connectivity index (χ3v) is 14.1. The highest BCUT2D eigenvalue weighted by Crippen LogP contribution is 2.68. The monoisotopic (exact) mass is 542 g/mol. The molecule has 1 unspecified atom stereocenters. The van der Waals surface area contributed by atoms with Crippen LogP contribution in [0.4, 0.5) is 0 Å². The molecule has 8 atom stereocenters. The smallest absolute Gasteiger partial charge is 0.220 e. The molecule has 5 aliphatic rings. The molecule has 0 spiro atoms. The van der Waals surface area contributed by atoms with Crippen LogP contribution in [0.3, 0.4) is 0 Å². The van der Waals surface area contributed by atoms with Gasteiger partial charge in [0.25, 0.3) is 0 Å². The average molecular weight is 542 g/mol. The van der Waals surface area contributed by atoms with Gasteiger partial charge in [-0.2, -0.15) is 0 Å². The SMILES string of the molecule is CCCCCC[N+]1(CCNC(=O)CC[C@@H](C)[C@H]2CC[C@H]3[C@@H]4CCC5CCCC[C@]5(C)[C@H]4CC[C@]23C)CCCC1. The van der Waals surface area contributed by atoms with Crippen LogP contribution in [0.1, 0.15) is 143 Å². The molecule has 1 saturated heterocycles. The molecule has 5 fully saturated rings. The molecule has 4 aliphatic carbocycles. The number of rotatable bonds is 12. The predicted molar refractivity (Wildman–Crippen MR) is 164 cm³/mol. The van der Waals surface area contributed by atoms with E-state index in [1.807, 2.05) is 0 Å². The number of likely N-dealkylation sites (tertiary alicyclic amines) is 1. The van der Waals surface area contributed by atoms with E-state index in [9.17, 15) is 4.79 Å². The van der Waals surface area contributed by atoms with E-state index in [1.165, 1.54) is 127 Å². The Morgan fingerprint density at radius 3 is 2.44 bits per heavy atom. The maximum Gasteiger partial charge on any atom is 0.220 e. The highest BCUT2D eigenvalue weighted by molar-refractivity contribution is 5.75. The average Bonchev–Trinajstić information content (AvgIpc) is 3.54. The molecule has 1 amide bonds. The number of hydrogen-bond acceptors (Lipinski definition) is 1. The molecule has 1 heterocycles. The molecule has 5 rings (SSSR count). The van der Waals surface area contributed by atoms with Crippen molar-refractivity contribution in [3.63, 3.8) is 0 Å². The van der Waals surface area contributed by atoms with Gasteiger partial charge in [0.15, 0.2) is 0 Å². The molecule has 1 N–H and O–H groups in total. The molecule has 0 aromatic carbocycles. The van der Waals surface area contributed by atoms with Crippen molar-refractivity contribution < 1.29 is 9.28 Å². The first-order valence-electron chi connectivity index (χ1n) is 17.9. The quantitative estimate of drug-likeness (QED) is 0.194. The van der Waals surface area contributed by atoms with Gasteiger partial charge in [0.05, 0.1) is 32.7 Å². The number of quaternary nitrogens is 1. The van der Waals surface area contributed by atoms with Gasteiger partial charge in [0.2, 0.25) is 5.91 Å². The summed E-state index contributed by atoms with van der Waals surface area (Å²) in [7, 11) is 0. The number of hydrogen-bond donors (Lipinski definition) is 1. The molecule has 39 heavy (non-hydrogen) atoms. The fourth-order valence-electron chi connectivity index (χ4n) is 11.8. The van der Waals surface area contributed by atoms with Crippen molar-refractivity contribution in [1.29, 1.82) is 0 Å². The third kappa shape index (κ3) is 6.15. The van der Waals surface area contributed by atoms with Crippen molar-refractivity contribution in [2.24, 2.45) is 46.3 Å². The van der Waals surface area contributed by atoms with Crippen molar-refractivity contribution in [1.82, 2.24) is 5.32 Å². The third-order valence-electron chi connectivity index (χ3n) is 14.1. The van der Waals surface area contributed by atoms with E-state index >= 15 is 0 Å². The van der Waals surface area contributed by atoms with Gasteiger partial charge in [-0.25, -0.2) is 0 Å². The van der Waals surface area contributed by atoms with Gasteiger partial charge in [-0.15, -0.1) is 0 Å².